The summed E-state index contributed by atoms with van der Waals surface area (Å²) in [4.78, 5) is 0. The number of fused-ring (bicyclic) bond motifs is 2. The van der Waals surface area contributed by atoms with Crippen molar-refractivity contribution in [3.63, 3.8) is 0 Å². The van der Waals surface area contributed by atoms with Gasteiger partial charge in [0, 0.05) is 0 Å². The molecule has 0 nitrogen and oxygen atoms in total. The van der Waals surface area contributed by atoms with Gasteiger partial charge in [-0.3, -0.25) is 0 Å². The first kappa shape index (κ1) is 52.1. The van der Waals surface area contributed by atoms with E-state index in [1.54, 1.807) is 34.5 Å². The van der Waals surface area contributed by atoms with E-state index in [9.17, 15) is 0 Å². The molecule has 68 heavy (non-hydrogen) atoms. The normalized spacial score (nSPS) is 27.5. The molecule has 0 aromatic heterocycles. The van der Waals surface area contributed by atoms with Gasteiger partial charge in [-0.1, -0.05) is 127 Å². The van der Waals surface area contributed by atoms with Gasteiger partial charge in [0.15, 0.2) is 0 Å². The molecular formula is C64H80Cl2SiZr-2. The minimum atomic E-state index is 0. The molecule has 8 aliphatic carbocycles. The fourth-order valence-electron chi connectivity index (χ4n) is 16.4. The first-order valence-corrected chi connectivity index (χ1v) is 32.5. The van der Waals surface area contributed by atoms with Crippen LogP contribution in [0.1, 0.15) is 165 Å². The van der Waals surface area contributed by atoms with E-state index < -0.39 is 0 Å². The Kier molecular flexibility index (Phi) is 15.3. The average Bonchev–Trinajstić information content (AvgIpc) is 3.80. The Morgan fingerprint density at radius 1 is 0.515 bits per heavy atom. The molecule has 8 bridgehead atoms. The van der Waals surface area contributed by atoms with E-state index in [1.807, 2.05) is 0 Å². The van der Waals surface area contributed by atoms with Crippen LogP contribution in [0.25, 0.3) is 43.8 Å². The molecule has 360 valence electrons. The molecular weight excluding hydrogens is 959 g/mol. The molecule has 0 heterocycles. The molecule has 6 aromatic rings. The summed E-state index contributed by atoms with van der Waals surface area (Å²) in [5.74, 6) is 6.04. The van der Waals surface area contributed by atoms with Crippen molar-refractivity contribution in [1.29, 1.82) is 0 Å². The van der Waals surface area contributed by atoms with Gasteiger partial charge >= 0.3 is 54.7 Å². The molecule has 8 fully saturated rings. The topological polar surface area (TPSA) is 0 Å². The fourth-order valence-corrected chi connectivity index (χ4v) is 19.0. The minimum Gasteiger partial charge on any atom is -1.00 e. The Morgan fingerprint density at radius 3 is 1.07 bits per heavy atom. The summed E-state index contributed by atoms with van der Waals surface area (Å²) in [5, 5.41) is 5.68. The molecule has 0 N–H and O–H groups in total. The van der Waals surface area contributed by atoms with Gasteiger partial charge in [0.1, 0.15) is 0 Å². The van der Waals surface area contributed by atoms with Gasteiger partial charge in [-0.05, 0) is 156 Å². The monoisotopic (exact) mass is 1040 g/mol. The zero-order chi connectivity index (χ0) is 46.3. The molecule has 6 aromatic carbocycles. The standard InChI is InChI=1S/2C30H35.C4H10Si.2ClH.Zr/c2*1-19-27(29(2,3)4)15-24-6-5-7-26(28(19)24)23-8-10-25(11-9-23)30-16-20-12-21(17-30)14-22(13-20)18-30;1-3-4-5-2;;;/h2*5-11,15,20-22H,12-14,16-18H2,1-4H3;3-4H2,1-2H3;2*1H;/q2*-1;;;;+2/p-2. The third kappa shape index (κ3) is 9.97. The fraction of sp³-hybridized carbons (Fsp3) is 0.531. The second-order valence-electron chi connectivity index (χ2n) is 25.5. The second kappa shape index (κ2) is 20.0. The number of halogens is 2. The molecule has 0 radical (unpaired) electrons. The quantitative estimate of drug-likeness (QED) is 0.115. The van der Waals surface area contributed by atoms with Crippen molar-refractivity contribution in [1.82, 2.24) is 0 Å². The molecule has 0 saturated heterocycles. The Hall–Kier alpha value is -2.22. The first-order valence-electron chi connectivity index (χ1n) is 26.6. The summed E-state index contributed by atoms with van der Waals surface area (Å²) in [6, 6.07) is 39.7. The van der Waals surface area contributed by atoms with Gasteiger partial charge in [-0.2, -0.15) is 11.1 Å². The van der Waals surface area contributed by atoms with Gasteiger partial charge in [0.25, 0.3) is 0 Å². The van der Waals surface area contributed by atoms with Crippen molar-refractivity contribution in [3.05, 3.63) is 130 Å². The molecule has 8 aliphatic rings. The summed E-state index contributed by atoms with van der Waals surface area (Å²) in [6.07, 6.45) is 19.2. The van der Waals surface area contributed by atoms with E-state index in [0.717, 1.165) is 35.5 Å². The van der Waals surface area contributed by atoms with E-state index >= 15 is 0 Å². The van der Waals surface area contributed by atoms with E-state index in [4.69, 9.17) is 0 Å². The van der Waals surface area contributed by atoms with Crippen molar-refractivity contribution < 1.29 is 48.1 Å². The van der Waals surface area contributed by atoms with Crippen LogP contribution in [0.15, 0.2) is 97.1 Å². The van der Waals surface area contributed by atoms with Crippen LogP contribution in [-0.2, 0) is 45.0 Å². The molecule has 0 amide bonds. The van der Waals surface area contributed by atoms with Crippen molar-refractivity contribution in [2.45, 2.75) is 180 Å². The SMILES string of the molecule is CCC[Si](C)=[Zr+2].Cc1c(C(C)(C)C)[cH-]c2cccc(-c3ccc(C45CC6CC(CC(C6)C4)C5)cc3)c12.Cc1c(C(C)(C)C)[cH-]c2cccc(-c3ccc(C45CC6CC(CC(C6)C4)C5)cc3)c12.[Cl-].[Cl-]. The number of benzene rings is 4. The van der Waals surface area contributed by atoms with Gasteiger partial charge in [0.05, 0.1) is 0 Å². The van der Waals surface area contributed by atoms with Crippen molar-refractivity contribution in [3.8, 4) is 22.3 Å². The van der Waals surface area contributed by atoms with Crippen LogP contribution in [0.4, 0.5) is 0 Å². The van der Waals surface area contributed by atoms with E-state index in [2.05, 4.69) is 166 Å². The first-order chi connectivity index (χ1) is 31.4. The summed E-state index contributed by atoms with van der Waals surface area (Å²) >= 11 is 1.79. The van der Waals surface area contributed by atoms with Crippen LogP contribution in [-0.4, -0.2) is 5.43 Å². The van der Waals surface area contributed by atoms with Gasteiger partial charge in [-0.15, -0.1) is 69.1 Å². The minimum absolute atomic E-state index is 0. The maximum atomic E-state index is 2.49. The third-order valence-electron chi connectivity index (χ3n) is 18.3. The maximum absolute atomic E-state index is 2.49. The van der Waals surface area contributed by atoms with Crippen LogP contribution in [0.3, 0.4) is 0 Å². The van der Waals surface area contributed by atoms with Crippen LogP contribution in [0, 0.1) is 49.4 Å². The van der Waals surface area contributed by atoms with Crippen molar-refractivity contribution in [2.24, 2.45) is 35.5 Å². The largest absolute Gasteiger partial charge is 1.00 e. The van der Waals surface area contributed by atoms with E-state index in [0.29, 0.717) is 10.8 Å². The van der Waals surface area contributed by atoms with Gasteiger partial charge in [-0.25, -0.2) is 0 Å². The zero-order valence-corrected chi connectivity index (χ0v) is 48.3. The van der Waals surface area contributed by atoms with Crippen molar-refractivity contribution in [2.75, 3.05) is 0 Å². The third-order valence-corrected chi connectivity index (χ3v) is 21.4. The summed E-state index contributed by atoms with van der Waals surface area (Å²) in [5.41, 5.74) is 16.3. The number of hydrogen-bond donors (Lipinski definition) is 0. The molecule has 0 spiro atoms. The molecule has 0 aliphatic heterocycles. The zero-order valence-electron chi connectivity index (χ0n) is 43.4. The molecule has 0 unspecified atom stereocenters. The molecule has 4 heteroatoms. The predicted molar refractivity (Wildman–Crippen MR) is 283 cm³/mol. The summed E-state index contributed by atoms with van der Waals surface area (Å²) in [7, 11) is 0. The van der Waals surface area contributed by atoms with Crippen LogP contribution in [0.5, 0.6) is 0 Å². The number of rotatable bonds is 6. The average molecular weight is 1040 g/mol. The Balaban J connectivity index is 0.000000160. The summed E-state index contributed by atoms with van der Waals surface area (Å²) in [6.45, 7) is 23.3. The van der Waals surface area contributed by atoms with Gasteiger partial charge < -0.3 is 24.8 Å². The molecule has 8 saturated carbocycles. The Labute approximate surface area is 440 Å². The van der Waals surface area contributed by atoms with Gasteiger partial charge in [0.2, 0.25) is 0 Å². The Morgan fingerprint density at radius 2 is 0.824 bits per heavy atom. The number of hydrogen-bond acceptors (Lipinski definition) is 0. The van der Waals surface area contributed by atoms with Crippen LogP contribution >= 0.6 is 0 Å². The van der Waals surface area contributed by atoms with E-state index in [1.165, 1.54) is 156 Å². The maximum Gasteiger partial charge on any atom is -0.00391 e. The van der Waals surface area contributed by atoms with Crippen LogP contribution < -0.4 is 24.8 Å². The number of aryl methyl sites for hydroxylation is 2. The summed E-state index contributed by atoms with van der Waals surface area (Å²) < 4.78 is 0. The smallest absolute Gasteiger partial charge is 0.00391 e. The molecule has 14 rings (SSSR count). The molecule has 0 atom stereocenters. The Bertz CT molecular complexity index is 2480. The van der Waals surface area contributed by atoms with Crippen molar-refractivity contribution >= 4 is 27.0 Å². The van der Waals surface area contributed by atoms with E-state index in [-0.39, 0.29) is 41.1 Å². The predicted octanol–water partition coefficient (Wildman–Crippen LogP) is 12.2. The van der Waals surface area contributed by atoms with Crippen LogP contribution in [0.2, 0.25) is 12.6 Å². The second-order valence-corrected chi connectivity index (χ2v) is 33.8.